The smallest absolute Gasteiger partial charge is 0.217 e. The first kappa shape index (κ1) is 15.9. The molecule has 0 aromatic heterocycles. The van der Waals surface area contributed by atoms with E-state index in [2.05, 4.69) is 40.7 Å². The molecule has 0 bridgehead atoms. The maximum absolute atomic E-state index is 5.82. The lowest BCUT2D eigenvalue weighted by Crippen LogP contribution is -2.17. The highest BCUT2D eigenvalue weighted by Crippen LogP contribution is 2.31. The van der Waals surface area contributed by atoms with Crippen molar-refractivity contribution in [2.24, 2.45) is 10.4 Å². The minimum Gasteiger partial charge on any atom is -0.496 e. The van der Waals surface area contributed by atoms with Crippen LogP contribution in [0.4, 0.5) is 0 Å². The van der Waals surface area contributed by atoms with Crippen molar-refractivity contribution in [1.29, 1.82) is 0 Å². The topological polar surface area (TPSA) is 30.8 Å². The summed E-state index contributed by atoms with van der Waals surface area (Å²) in [7, 11) is 1.72. The van der Waals surface area contributed by atoms with Crippen LogP contribution in [0.3, 0.4) is 0 Å². The SMILES string of the molecule is COc1cccc(C2=NC(C)(C)CO2)c1CCC(C)(C)C. The van der Waals surface area contributed by atoms with Crippen LogP contribution in [-0.4, -0.2) is 25.2 Å². The van der Waals surface area contributed by atoms with Crippen LogP contribution in [0.2, 0.25) is 0 Å². The Morgan fingerprint density at radius 3 is 2.52 bits per heavy atom. The zero-order valence-electron chi connectivity index (χ0n) is 14.1. The summed E-state index contributed by atoms with van der Waals surface area (Å²) in [4.78, 5) is 4.71. The van der Waals surface area contributed by atoms with E-state index in [0.29, 0.717) is 6.61 Å². The monoisotopic (exact) mass is 289 g/mol. The minimum atomic E-state index is -0.139. The number of nitrogens with zero attached hydrogens (tertiary/aromatic N) is 1. The number of hydrogen-bond donors (Lipinski definition) is 0. The Labute approximate surface area is 128 Å². The molecule has 0 N–H and O–H groups in total. The van der Waals surface area contributed by atoms with E-state index in [1.165, 1.54) is 5.56 Å². The van der Waals surface area contributed by atoms with Gasteiger partial charge in [0.2, 0.25) is 5.90 Å². The van der Waals surface area contributed by atoms with E-state index in [1.807, 2.05) is 12.1 Å². The van der Waals surface area contributed by atoms with Gasteiger partial charge in [0.05, 0.1) is 12.6 Å². The van der Waals surface area contributed by atoms with Gasteiger partial charge in [-0.25, -0.2) is 4.99 Å². The molecule has 3 heteroatoms. The van der Waals surface area contributed by atoms with Gasteiger partial charge >= 0.3 is 0 Å². The number of ether oxygens (including phenoxy) is 2. The molecule has 3 nitrogen and oxygen atoms in total. The second kappa shape index (κ2) is 5.70. The van der Waals surface area contributed by atoms with Gasteiger partial charge in [-0.1, -0.05) is 26.8 Å². The molecule has 1 heterocycles. The third-order valence-corrected chi connectivity index (χ3v) is 3.67. The molecule has 1 aromatic carbocycles. The van der Waals surface area contributed by atoms with E-state index >= 15 is 0 Å². The molecule has 0 atom stereocenters. The van der Waals surface area contributed by atoms with Crippen LogP contribution in [0.1, 0.15) is 52.2 Å². The van der Waals surface area contributed by atoms with Crippen LogP contribution in [0.5, 0.6) is 5.75 Å². The third kappa shape index (κ3) is 3.99. The van der Waals surface area contributed by atoms with Gasteiger partial charge in [0.1, 0.15) is 12.4 Å². The predicted octanol–water partition coefficient (Wildman–Crippen LogP) is 4.23. The first-order valence-corrected chi connectivity index (χ1v) is 7.61. The molecule has 0 spiro atoms. The normalized spacial score (nSPS) is 17.3. The fourth-order valence-corrected chi connectivity index (χ4v) is 2.44. The lowest BCUT2D eigenvalue weighted by molar-refractivity contribution is 0.279. The summed E-state index contributed by atoms with van der Waals surface area (Å²) in [6, 6.07) is 6.11. The summed E-state index contributed by atoms with van der Waals surface area (Å²) < 4.78 is 11.4. The second-order valence-electron chi connectivity index (χ2n) is 7.57. The van der Waals surface area contributed by atoms with Crippen LogP contribution in [0.15, 0.2) is 23.2 Å². The summed E-state index contributed by atoms with van der Waals surface area (Å²) in [6.45, 7) is 11.6. The van der Waals surface area contributed by atoms with Crippen molar-refractivity contribution in [3.8, 4) is 5.75 Å². The summed E-state index contributed by atoms with van der Waals surface area (Å²) in [6.07, 6.45) is 2.06. The van der Waals surface area contributed by atoms with Crippen molar-refractivity contribution in [2.45, 2.75) is 53.0 Å². The van der Waals surface area contributed by atoms with Gasteiger partial charge < -0.3 is 9.47 Å². The number of benzene rings is 1. The average Bonchev–Trinajstić information content (AvgIpc) is 2.75. The first-order chi connectivity index (χ1) is 9.72. The Balaban J connectivity index is 2.37. The van der Waals surface area contributed by atoms with Crippen molar-refractivity contribution in [3.63, 3.8) is 0 Å². The maximum atomic E-state index is 5.82. The average molecular weight is 289 g/mol. The molecule has 1 aromatic rings. The molecular weight excluding hydrogens is 262 g/mol. The molecule has 0 saturated carbocycles. The molecule has 0 aliphatic carbocycles. The van der Waals surface area contributed by atoms with Crippen molar-refractivity contribution in [1.82, 2.24) is 0 Å². The van der Waals surface area contributed by atoms with Crippen LogP contribution in [0.25, 0.3) is 0 Å². The summed E-state index contributed by atoms with van der Waals surface area (Å²) >= 11 is 0. The predicted molar refractivity (Wildman–Crippen MR) is 87.3 cm³/mol. The minimum absolute atomic E-state index is 0.139. The Kier molecular flexibility index (Phi) is 4.31. The summed E-state index contributed by atoms with van der Waals surface area (Å²) in [5.41, 5.74) is 2.42. The molecular formula is C18H27NO2. The quantitative estimate of drug-likeness (QED) is 0.830. The lowest BCUT2D eigenvalue weighted by atomic mass is 9.87. The van der Waals surface area contributed by atoms with Crippen molar-refractivity contribution in [2.75, 3.05) is 13.7 Å². The van der Waals surface area contributed by atoms with E-state index in [1.54, 1.807) is 7.11 Å². The first-order valence-electron chi connectivity index (χ1n) is 7.61. The van der Waals surface area contributed by atoms with E-state index < -0.39 is 0 Å². The van der Waals surface area contributed by atoms with Gasteiger partial charge in [-0.2, -0.15) is 0 Å². The summed E-state index contributed by atoms with van der Waals surface area (Å²) in [5, 5.41) is 0. The van der Waals surface area contributed by atoms with Gasteiger partial charge in [-0.15, -0.1) is 0 Å². The van der Waals surface area contributed by atoms with E-state index in [0.717, 1.165) is 30.1 Å². The fraction of sp³-hybridized carbons (Fsp3) is 0.611. The molecule has 116 valence electrons. The Morgan fingerprint density at radius 1 is 1.29 bits per heavy atom. The molecule has 0 radical (unpaired) electrons. The maximum Gasteiger partial charge on any atom is 0.217 e. The van der Waals surface area contributed by atoms with Crippen molar-refractivity contribution < 1.29 is 9.47 Å². The second-order valence-corrected chi connectivity index (χ2v) is 7.57. The number of rotatable bonds is 4. The highest BCUT2D eigenvalue weighted by atomic mass is 16.5. The van der Waals surface area contributed by atoms with Gasteiger partial charge in [-0.3, -0.25) is 0 Å². The van der Waals surface area contributed by atoms with Gasteiger partial charge in [0.25, 0.3) is 0 Å². The molecule has 2 rings (SSSR count). The van der Waals surface area contributed by atoms with E-state index in [4.69, 9.17) is 14.5 Å². The van der Waals surface area contributed by atoms with Crippen LogP contribution in [0, 0.1) is 5.41 Å². The zero-order chi connectivity index (χ0) is 15.7. The van der Waals surface area contributed by atoms with E-state index in [9.17, 15) is 0 Å². The number of hydrogen-bond acceptors (Lipinski definition) is 3. The van der Waals surface area contributed by atoms with E-state index in [-0.39, 0.29) is 11.0 Å². The largest absolute Gasteiger partial charge is 0.496 e. The Hall–Kier alpha value is -1.51. The highest BCUT2D eigenvalue weighted by Gasteiger charge is 2.29. The van der Waals surface area contributed by atoms with Gasteiger partial charge in [-0.05, 0) is 44.2 Å². The van der Waals surface area contributed by atoms with Gasteiger partial charge in [0.15, 0.2) is 0 Å². The van der Waals surface area contributed by atoms with Gasteiger partial charge in [0, 0.05) is 11.1 Å². The molecule has 0 saturated heterocycles. The standard InChI is InChI=1S/C18H27NO2/c1-17(2,3)11-10-13-14(8-7-9-15(13)20-6)16-19-18(4,5)12-21-16/h7-9H,10-12H2,1-6H3. The Bertz CT molecular complexity index is 539. The number of methoxy groups -OCH3 is 1. The molecule has 0 fully saturated rings. The molecule has 21 heavy (non-hydrogen) atoms. The molecule has 1 aliphatic rings. The van der Waals surface area contributed by atoms with Crippen LogP contribution >= 0.6 is 0 Å². The third-order valence-electron chi connectivity index (χ3n) is 3.67. The number of aliphatic imine (C=N–C) groups is 1. The highest BCUT2D eigenvalue weighted by molar-refractivity contribution is 5.97. The van der Waals surface area contributed by atoms with Crippen molar-refractivity contribution >= 4 is 5.90 Å². The van der Waals surface area contributed by atoms with Crippen molar-refractivity contribution in [3.05, 3.63) is 29.3 Å². The fourth-order valence-electron chi connectivity index (χ4n) is 2.44. The molecule has 0 unspecified atom stereocenters. The molecule has 0 amide bonds. The van der Waals surface area contributed by atoms with Crippen LogP contribution in [-0.2, 0) is 11.2 Å². The van der Waals surface area contributed by atoms with Crippen LogP contribution < -0.4 is 4.74 Å². The zero-order valence-corrected chi connectivity index (χ0v) is 14.1. The lowest BCUT2D eigenvalue weighted by Gasteiger charge is -2.20. The Morgan fingerprint density at radius 2 is 2.00 bits per heavy atom. The molecule has 1 aliphatic heterocycles. The summed E-state index contributed by atoms with van der Waals surface area (Å²) in [5.74, 6) is 1.68.